The molecule has 0 aliphatic rings. The van der Waals surface area contributed by atoms with Crippen LogP contribution in [0.5, 0.6) is 0 Å². The number of fused-ring (bicyclic) bond motifs is 1. The van der Waals surface area contributed by atoms with Crippen LogP contribution in [0.2, 0.25) is 0 Å². The number of para-hydroxylation sites is 2. The summed E-state index contributed by atoms with van der Waals surface area (Å²) in [5, 5.41) is 0. The van der Waals surface area contributed by atoms with E-state index in [-0.39, 0.29) is 0 Å². The van der Waals surface area contributed by atoms with Gasteiger partial charge in [-0.25, -0.2) is 4.98 Å². The summed E-state index contributed by atoms with van der Waals surface area (Å²) in [5.74, 6) is 0.537. The molecule has 0 amide bonds. The molecule has 0 fully saturated rings. The lowest BCUT2D eigenvalue weighted by atomic mass is 10.2. The van der Waals surface area contributed by atoms with Crippen LogP contribution in [-0.2, 0) is 6.54 Å². The minimum Gasteiger partial charge on any atom is -0.435 e. The molecule has 2 N–H and O–H groups in total. The first kappa shape index (κ1) is 9.99. The second kappa shape index (κ2) is 3.99. The zero-order valence-corrected chi connectivity index (χ0v) is 9.13. The van der Waals surface area contributed by atoms with Crippen LogP contribution >= 0.6 is 0 Å². The van der Waals surface area contributed by atoms with Gasteiger partial charge in [0, 0.05) is 12.7 Å². The normalized spacial score (nSPS) is 10.9. The fraction of sp³-hybridized carbons (Fsp3) is 0.0769. The van der Waals surface area contributed by atoms with Crippen LogP contribution < -0.4 is 5.73 Å². The standard InChI is InChI=1S/C13H11N3O/c14-7-9-5-6-11(15-8-9)13-16-10-3-1-2-4-12(10)17-13/h1-6,8H,7,14H2. The van der Waals surface area contributed by atoms with Crippen molar-refractivity contribution < 1.29 is 4.42 Å². The Morgan fingerprint density at radius 2 is 2.00 bits per heavy atom. The Bertz CT molecular complexity index is 610. The summed E-state index contributed by atoms with van der Waals surface area (Å²) >= 11 is 0. The van der Waals surface area contributed by atoms with Crippen molar-refractivity contribution in [1.29, 1.82) is 0 Å². The number of aromatic nitrogens is 2. The second-order valence-corrected chi connectivity index (χ2v) is 3.74. The highest BCUT2D eigenvalue weighted by Crippen LogP contribution is 2.22. The van der Waals surface area contributed by atoms with Crippen LogP contribution in [0.3, 0.4) is 0 Å². The molecule has 0 saturated carbocycles. The van der Waals surface area contributed by atoms with Crippen molar-refractivity contribution in [1.82, 2.24) is 9.97 Å². The molecule has 0 unspecified atom stereocenters. The molecule has 0 aliphatic carbocycles. The van der Waals surface area contributed by atoms with E-state index in [1.165, 1.54) is 0 Å². The SMILES string of the molecule is NCc1ccc(-c2nc3ccccc3o2)nc1. The molecule has 0 aliphatic heterocycles. The predicted molar refractivity (Wildman–Crippen MR) is 65.1 cm³/mol. The number of hydrogen-bond donors (Lipinski definition) is 1. The lowest BCUT2D eigenvalue weighted by molar-refractivity contribution is 0.616. The Morgan fingerprint density at radius 1 is 1.12 bits per heavy atom. The summed E-state index contributed by atoms with van der Waals surface area (Å²) < 4.78 is 5.62. The highest BCUT2D eigenvalue weighted by molar-refractivity contribution is 5.75. The summed E-state index contributed by atoms with van der Waals surface area (Å²) in [6, 6.07) is 11.4. The molecule has 2 aromatic heterocycles. The molecule has 2 heterocycles. The van der Waals surface area contributed by atoms with Gasteiger partial charge in [-0.15, -0.1) is 0 Å². The van der Waals surface area contributed by atoms with Gasteiger partial charge in [0.15, 0.2) is 5.58 Å². The number of pyridine rings is 1. The van der Waals surface area contributed by atoms with Crippen LogP contribution in [0.1, 0.15) is 5.56 Å². The minimum absolute atomic E-state index is 0.487. The lowest BCUT2D eigenvalue weighted by Gasteiger charge is -1.96. The Balaban J connectivity index is 2.07. The summed E-state index contributed by atoms with van der Waals surface area (Å²) in [5.41, 5.74) is 8.84. The molecule has 0 atom stereocenters. The predicted octanol–water partition coefficient (Wildman–Crippen LogP) is 2.35. The van der Waals surface area contributed by atoms with E-state index in [0.29, 0.717) is 12.4 Å². The third kappa shape index (κ3) is 1.79. The maximum atomic E-state index is 5.62. The highest BCUT2D eigenvalue weighted by Gasteiger charge is 2.08. The van der Waals surface area contributed by atoms with Gasteiger partial charge in [0.05, 0.1) is 0 Å². The van der Waals surface area contributed by atoms with E-state index in [9.17, 15) is 0 Å². The number of oxazole rings is 1. The topological polar surface area (TPSA) is 64.9 Å². The number of benzene rings is 1. The summed E-state index contributed by atoms with van der Waals surface area (Å²) in [6.07, 6.45) is 1.74. The molecule has 0 spiro atoms. The van der Waals surface area contributed by atoms with E-state index in [0.717, 1.165) is 22.4 Å². The molecule has 4 nitrogen and oxygen atoms in total. The van der Waals surface area contributed by atoms with Crippen molar-refractivity contribution in [2.24, 2.45) is 5.73 Å². The minimum atomic E-state index is 0.487. The molecule has 3 aromatic rings. The van der Waals surface area contributed by atoms with Crippen molar-refractivity contribution >= 4 is 11.1 Å². The summed E-state index contributed by atoms with van der Waals surface area (Å²) in [7, 11) is 0. The first-order valence-electron chi connectivity index (χ1n) is 5.38. The number of hydrogen-bond acceptors (Lipinski definition) is 4. The van der Waals surface area contributed by atoms with Crippen LogP contribution in [-0.4, -0.2) is 9.97 Å². The zero-order chi connectivity index (χ0) is 11.7. The summed E-state index contributed by atoms with van der Waals surface area (Å²) in [6.45, 7) is 0.487. The van der Waals surface area contributed by atoms with Crippen LogP contribution in [0.4, 0.5) is 0 Å². The Kier molecular flexibility index (Phi) is 2.34. The maximum absolute atomic E-state index is 5.62. The third-order valence-electron chi connectivity index (χ3n) is 2.57. The van der Waals surface area contributed by atoms with E-state index in [1.54, 1.807) is 6.20 Å². The van der Waals surface area contributed by atoms with Crippen molar-refractivity contribution in [2.75, 3.05) is 0 Å². The number of rotatable bonds is 2. The smallest absolute Gasteiger partial charge is 0.246 e. The third-order valence-corrected chi connectivity index (χ3v) is 2.57. The zero-order valence-electron chi connectivity index (χ0n) is 9.13. The van der Waals surface area contributed by atoms with E-state index in [2.05, 4.69) is 9.97 Å². The van der Waals surface area contributed by atoms with Crippen LogP contribution in [0, 0.1) is 0 Å². The van der Waals surface area contributed by atoms with Gasteiger partial charge >= 0.3 is 0 Å². The Hall–Kier alpha value is -2.20. The largest absolute Gasteiger partial charge is 0.435 e. The van der Waals surface area contributed by atoms with E-state index in [4.69, 9.17) is 10.2 Å². The molecule has 0 bridgehead atoms. The first-order chi connectivity index (χ1) is 8.36. The van der Waals surface area contributed by atoms with Gasteiger partial charge in [-0.05, 0) is 23.8 Å². The average molecular weight is 225 g/mol. The van der Waals surface area contributed by atoms with Crippen molar-refractivity contribution in [2.45, 2.75) is 6.54 Å². The van der Waals surface area contributed by atoms with E-state index >= 15 is 0 Å². The number of nitrogens with zero attached hydrogens (tertiary/aromatic N) is 2. The van der Waals surface area contributed by atoms with Crippen LogP contribution in [0.25, 0.3) is 22.7 Å². The van der Waals surface area contributed by atoms with Crippen LogP contribution in [0.15, 0.2) is 47.0 Å². The van der Waals surface area contributed by atoms with Gasteiger partial charge in [-0.3, -0.25) is 4.98 Å². The van der Waals surface area contributed by atoms with Gasteiger partial charge in [0.1, 0.15) is 11.2 Å². The van der Waals surface area contributed by atoms with Gasteiger partial charge in [0.2, 0.25) is 5.89 Å². The molecular weight excluding hydrogens is 214 g/mol. The van der Waals surface area contributed by atoms with Gasteiger partial charge in [-0.2, -0.15) is 0 Å². The van der Waals surface area contributed by atoms with E-state index in [1.807, 2.05) is 36.4 Å². The second-order valence-electron chi connectivity index (χ2n) is 3.74. The fourth-order valence-electron chi connectivity index (χ4n) is 1.65. The van der Waals surface area contributed by atoms with Crippen molar-refractivity contribution in [3.8, 4) is 11.6 Å². The molecule has 4 heteroatoms. The number of nitrogens with two attached hydrogens (primary N) is 1. The van der Waals surface area contributed by atoms with E-state index < -0.39 is 0 Å². The maximum Gasteiger partial charge on any atom is 0.246 e. The Morgan fingerprint density at radius 3 is 2.71 bits per heavy atom. The van der Waals surface area contributed by atoms with Crippen molar-refractivity contribution in [3.05, 3.63) is 48.2 Å². The van der Waals surface area contributed by atoms with Crippen molar-refractivity contribution in [3.63, 3.8) is 0 Å². The molecule has 0 saturated heterocycles. The lowest BCUT2D eigenvalue weighted by Crippen LogP contribution is -1.96. The monoisotopic (exact) mass is 225 g/mol. The average Bonchev–Trinajstić information content (AvgIpc) is 2.82. The molecule has 17 heavy (non-hydrogen) atoms. The highest BCUT2D eigenvalue weighted by atomic mass is 16.3. The quantitative estimate of drug-likeness (QED) is 0.727. The molecule has 3 rings (SSSR count). The van der Waals surface area contributed by atoms with Gasteiger partial charge in [-0.1, -0.05) is 18.2 Å². The van der Waals surface area contributed by atoms with Gasteiger partial charge in [0.25, 0.3) is 0 Å². The summed E-state index contributed by atoms with van der Waals surface area (Å²) in [4.78, 5) is 8.66. The van der Waals surface area contributed by atoms with Gasteiger partial charge < -0.3 is 10.2 Å². The first-order valence-corrected chi connectivity index (χ1v) is 5.38. The molecule has 0 radical (unpaired) electrons. The molecule has 84 valence electrons. The molecular formula is C13H11N3O. The molecule has 1 aromatic carbocycles. The fourth-order valence-corrected chi connectivity index (χ4v) is 1.65. The Labute approximate surface area is 98.1 Å².